The molecule has 0 aromatic heterocycles. The Morgan fingerprint density at radius 3 is 2.16 bits per heavy atom. The molecule has 0 saturated carbocycles. The Morgan fingerprint density at radius 1 is 1.11 bits per heavy atom. The van der Waals surface area contributed by atoms with Gasteiger partial charge in [-0.05, 0) is 35.9 Å². The van der Waals surface area contributed by atoms with Crippen LogP contribution in [0.5, 0.6) is 0 Å². The molecule has 19 heavy (non-hydrogen) atoms. The number of hydrogen-bond donors (Lipinski definition) is 2. The van der Waals surface area contributed by atoms with Crippen LogP contribution in [-0.2, 0) is 0 Å². The van der Waals surface area contributed by atoms with Crippen molar-refractivity contribution in [2.24, 2.45) is 5.73 Å². The van der Waals surface area contributed by atoms with Gasteiger partial charge >= 0.3 is 0 Å². The summed E-state index contributed by atoms with van der Waals surface area (Å²) in [6.07, 6.45) is 0. The van der Waals surface area contributed by atoms with Crippen molar-refractivity contribution in [1.29, 1.82) is 0 Å². The van der Waals surface area contributed by atoms with Crippen LogP contribution in [0.1, 0.15) is 0 Å². The Morgan fingerprint density at radius 2 is 1.68 bits per heavy atom. The number of halogens is 3. The van der Waals surface area contributed by atoms with Crippen molar-refractivity contribution < 1.29 is 4.39 Å². The first-order valence-electron chi connectivity index (χ1n) is 5.59. The molecule has 2 rings (SSSR count). The van der Waals surface area contributed by atoms with Gasteiger partial charge < -0.3 is 5.73 Å². The second kappa shape index (κ2) is 8.43. The van der Waals surface area contributed by atoms with Gasteiger partial charge in [-0.25, -0.2) is 4.39 Å². The standard InChI is InChI=1S/C12H8ClFS.C2H6ClN/c13-12-7-9(14)3-6-11(12)8-1-4-10(15)5-2-8;3-1-2-4/h1-7,15H;1-2,4H2. The highest BCUT2D eigenvalue weighted by atomic mass is 35.5. The summed E-state index contributed by atoms with van der Waals surface area (Å²) in [6, 6.07) is 11.9. The first-order chi connectivity index (χ1) is 9.08. The number of rotatable bonds is 2. The zero-order valence-electron chi connectivity index (χ0n) is 10.1. The average molecular weight is 318 g/mol. The minimum atomic E-state index is -0.324. The van der Waals surface area contributed by atoms with E-state index in [9.17, 15) is 4.39 Å². The molecule has 0 unspecified atom stereocenters. The third-order valence-electron chi connectivity index (χ3n) is 2.22. The summed E-state index contributed by atoms with van der Waals surface area (Å²) >= 11 is 15.2. The lowest BCUT2D eigenvalue weighted by Gasteiger charge is -2.04. The summed E-state index contributed by atoms with van der Waals surface area (Å²) in [5, 5.41) is 0.418. The maximum atomic E-state index is 12.8. The molecular weight excluding hydrogens is 304 g/mol. The van der Waals surface area contributed by atoms with E-state index in [1.807, 2.05) is 24.3 Å². The van der Waals surface area contributed by atoms with Crippen molar-refractivity contribution >= 4 is 35.8 Å². The molecule has 5 heteroatoms. The molecular formula is C14H14Cl2FNS. The molecule has 102 valence electrons. The molecule has 0 atom stereocenters. The van der Waals surface area contributed by atoms with E-state index < -0.39 is 0 Å². The summed E-state index contributed by atoms with van der Waals surface area (Å²) in [6.45, 7) is 0.585. The number of hydrogen-bond acceptors (Lipinski definition) is 2. The fraction of sp³-hybridized carbons (Fsp3) is 0.143. The quantitative estimate of drug-likeness (QED) is 0.613. The van der Waals surface area contributed by atoms with E-state index in [4.69, 9.17) is 28.9 Å². The highest BCUT2D eigenvalue weighted by Crippen LogP contribution is 2.28. The molecule has 0 aliphatic heterocycles. The second-order valence-corrected chi connectivity index (χ2v) is 4.95. The molecule has 0 spiro atoms. The Labute approximate surface area is 127 Å². The van der Waals surface area contributed by atoms with Gasteiger partial charge in [-0.2, -0.15) is 0 Å². The number of benzene rings is 2. The molecule has 0 amide bonds. The van der Waals surface area contributed by atoms with Gasteiger partial charge in [0.2, 0.25) is 0 Å². The average Bonchev–Trinajstić information content (AvgIpc) is 2.40. The molecule has 2 aromatic rings. The Kier molecular flexibility index (Phi) is 7.24. The zero-order chi connectivity index (χ0) is 14.3. The van der Waals surface area contributed by atoms with E-state index >= 15 is 0 Å². The Bertz CT molecular complexity index is 515. The fourth-order valence-corrected chi connectivity index (χ4v) is 1.79. The topological polar surface area (TPSA) is 26.0 Å². The van der Waals surface area contributed by atoms with Gasteiger partial charge in [-0.3, -0.25) is 0 Å². The number of thiol groups is 1. The van der Waals surface area contributed by atoms with Gasteiger partial charge in [-0.15, -0.1) is 24.2 Å². The first kappa shape index (κ1) is 16.3. The molecule has 0 aliphatic carbocycles. The summed E-state index contributed by atoms with van der Waals surface area (Å²) in [7, 11) is 0. The van der Waals surface area contributed by atoms with Crippen molar-refractivity contribution in [3.8, 4) is 11.1 Å². The van der Waals surface area contributed by atoms with Crippen molar-refractivity contribution in [3.63, 3.8) is 0 Å². The van der Waals surface area contributed by atoms with Gasteiger partial charge in [0.05, 0.1) is 5.02 Å². The monoisotopic (exact) mass is 317 g/mol. The van der Waals surface area contributed by atoms with Crippen LogP contribution in [0.4, 0.5) is 4.39 Å². The van der Waals surface area contributed by atoms with E-state index in [0.29, 0.717) is 17.4 Å². The van der Waals surface area contributed by atoms with Gasteiger partial charge in [-0.1, -0.05) is 23.7 Å². The maximum absolute atomic E-state index is 12.8. The minimum Gasteiger partial charge on any atom is -0.329 e. The molecule has 2 aromatic carbocycles. The third kappa shape index (κ3) is 5.41. The highest BCUT2D eigenvalue weighted by molar-refractivity contribution is 7.80. The van der Waals surface area contributed by atoms with Crippen molar-refractivity contribution in [1.82, 2.24) is 0 Å². The van der Waals surface area contributed by atoms with E-state index in [1.54, 1.807) is 6.07 Å². The van der Waals surface area contributed by atoms with E-state index in [-0.39, 0.29) is 5.82 Å². The minimum absolute atomic E-state index is 0.324. The third-order valence-corrected chi connectivity index (χ3v) is 3.05. The Hall–Kier alpha value is -0.740. The van der Waals surface area contributed by atoms with E-state index in [2.05, 4.69) is 12.6 Å². The van der Waals surface area contributed by atoms with Crippen molar-refractivity contribution in [2.75, 3.05) is 12.4 Å². The molecule has 0 heterocycles. The molecule has 1 nitrogen and oxygen atoms in total. The SMILES string of the molecule is Fc1ccc(-c2ccc(S)cc2)c(Cl)c1.NCCCl. The number of nitrogens with two attached hydrogens (primary N) is 1. The zero-order valence-corrected chi connectivity index (χ0v) is 12.5. The normalized spacial score (nSPS) is 9.74. The van der Waals surface area contributed by atoms with Crippen molar-refractivity contribution in [2.45, 2.75) is 4.90 Å². The lowest BCUT2D eigenvalue weighted by atomic mass is 10.1. The first-order valence-corrected chi connectivity index (χ1v) is 6.95. The van der Waals surface area contributed by atoms with Crippen LogP contribution >= 0.6 is 35.8 Å². The summed E-state index contributed by atoms with van der Waals surface area (Å²) in [5.41, 5.74) is 6.68. The van der Waals surface area contributed by atoms with Crippen LogP contribution in [0.2, 0.25) is 5.02 Å². The van der Waals surface area contributed by atoms with E-state index in [1.165, 1.54) is 12.1 Å². The largest absolute Gasteiger partial charge is 0.329 e. The van der Waals surface area contributed by atoms with Gasteiger partial charge in [0.1, 0.15) is 5.82 Å². The lowest BCUT2D eigenvalue weighted by molar-refractivity contribution is 0.628. The lowest BCUT2D eigenvalue weighted by Crippen LogP contribution is -1.97. The van der Waals surface area contributed by atoms with Crippen LogP contribution in [0.25, 0.3) is 11.1 Å². The smallest absolute Gasteiger partial charge is 0.124 e. The molecule has 0 radical (unpaired) electrons. The molecule has 0 fully saturated rings. The van der Waals surface area contributed by atoms with E-state index in [0.717, 1.165) is 16.0 Å². The molecule has 2 N–H and O–H groups in total. The van der Waals surface area contributed by atoms with Crippen LogP contribution in [0.15, 0.2) is 47.4 Å². The molecule has 0 bridgehead atoms. The van der Waals surface area contributed by atoms with Gasteiger partial charge in [0, 0.05) is 22.9 Å². The summed E-state index contributed by atoms with van der Waals surface area (Å²) in [5.74, 6) is 0.245. The van der Waals surface area contributed by atoms with Gasteiger partial charge in [0.25, 0.3) is 0 Å². The summed E-state index contributed by atoms with van der Waals surface area (Å²) in [4.78, 5) is 0.886. The predicted octanol–water partition coefficient (Wildman–Crippen LogP) is 4.62. The van der Waals surface area contributed by atoms with Gasteiger partial charge in [0.15, 0.2) is 0 Å². The Balaban J connectivity index is 0.000000399. The van der Waals surface area contributed by atoms with Crippen molar-refractivity contribution in [3.05, 3.63) is 53.3 Å². The van der Waals surface area contributed by atoms with Crippen LogP contribution in [0, 0.1) is 5.82 Å². The predicted molar refractivity (Wildman–Crippen MR) is 83.9 cm³/mol. The summed E-state index contributed by atoms with van der Waals surface area (Å²) < 4.78 is 12.8. The fourth-order valence-electron chi connectivity index (χ4n) is 1.36. The van der Waals surface area contributed by atoms with Crippen LogP contribution < -0.4 is 5.73 Å². The maximum Gasteiger partial charge on any atom is 0.124 e. The highest BCUT2D eigenvalue weighted by Gasteiger charge is 2.03. The van der Waals surface area contributed by atoms with Crippen LogP contribution in [0.3, 0.4) is 0 Å². The second-order valence-electron chi connectivity index (χ2n) is 3.65. The molecule has 0 aliphatic rings. The van der Waals surface area contributed by atoms with Crippen LogP contribution in [-0.4, -0.2) is 12.4 Å². The molecule has 0 saturated heterocycles. The number of alkyl halides is 1.